The lowest BCUT2D eigenvalue weighted by Gasteiger charge is -2.17. The number of carbonyl (C=O) groups is 1. The molecule has 1 heterocycles. The summed E-state index contributed by atoms with van der Waals surface area (Å²) in [5.41, 5.74) is 1.13. The maximum atomic E-state index is 13.3. The molecular weight excluding hydrogens is 367 g/mol. The molecule has 2 aromatic carbocycles. The van der Waals surface area contributed by atoms with Crippen LogP contribution in [0.25, 0.3) is 0 Å². The molecule has 2 aromatic rings. The van der Waals surface area contributed by atoms with Crippen LogP contribution >= 0.6 is 0 Å². The van der Waals surface area contributed by atoms with Gasteiger partial charge in [-0.25, -0.2) is 12.8 Å². The van der Waals surface area contributed by atoms with Crippen LogP contribution in [0, 0.1) is 24.1 Å². The highest BCUT2D eigenvalue weighted by molar-refractivity contribution is 7.89. The van der Waals surface area contributed by atoms with Crippen molar-refractivity contribution in [2.24, 2.45) is 11.3 Å². The van der Waals surface area contributed by atoms with Crippen LogP contribution in [0.15, 0.2) is 53.4 Å². The van der Waals surface area contributed by atoms with Gasteiger partial charge in [-0.15, -0.1) is 0 Å². The molecule has 0 aromatic heterocycles. The molecule has 0 unspecified atom stereocenters. The zero-order chi connectivity index (χ0) is 19.2. The molecule has 1 spiro atoms. The third kappa shape index (κ3) is 3.37. The largest absolute Gasteiger partial charge is 0.326 e. The number of rotatable bonds is 4. The second-order valence-electron chi connectivity index (χ2n) is 7.52. The summed E-state index contributed by atoms with van der Waals surface area (Å²) >= 11 is 0. The van der Waals surface area contributed by atoms with Gasteiger partial charge in [0, 0.05) is 24.7 Å². The topological polar surface area (TPSA) is 66.5 Å². The van der Waals surface area contributed by atoms with E-state index in [1.54, 1.807) is 36.4 Å². The van der Waals surface area contributed by atoms with E-state index < -0.39 is 15.8 Å². The van der Waals surface area contributed by atoms with E-state index in [0.29, 0.717) is 31.6 Å². The van der Waals surface area contributed by atoms with E-state index in [1.165, 1.54) is 16.4 Å². The maximum Gasteiger partial charge on any atom is 0.243 e. The maximum absolute atomic E-state index is 13.3. The highest BCUT2D eigenvalue weighted by Crippen LogP contribution is 2.59. The Kier molecular flexibility index (Phi) is 4.31. The van der Waals surface area contributed by atoms with Gasteiger partial charge in [0.05, 0.1) is 4.90 Å². The fraction of sp³-hybridized carbons (Fsp3) is 0.350. The van der Waals surface area contributed by atoms with Crippen molar-refractivity contribution in [2.75, 3.05) is 18.4 Å². The van der Waals surface area contributed by atoms with Gasteiger partial charge in [-0.05, 0) is 55.5 Å². The first-order valence-electron chi connectivity index (χ1n) is 8.93. The monoisotopic (exact) mass is 388 g/mol. The number of halogens is 1. The molecule has 0 radical (unpaired) electrons. The highest BCUT2D eigenvalue weighted by Gasteiger charge is 2.62. The summed E-state index contributed by atoms with van der Waals surface area (Å²) in [5.74, 6) is -0.816. The fourth-order valence-electron chi connectivity index (χ4n) is 3.89. The van der Waals surface area contributed by atoms with Crippen molar-refractivity contribution in [3.8, 4) is 0 Å². The number of sulfonamides is 1. The molecule has 1 aliphatic carbocycles. The number of hydrogen-bond acceptors (Lipinski definition) is 3. The number of carbonyl (C=O) groups excluding carboxylic acids is 1. The number of benzene rings is 2. The second kappa shape index (κ2) is 6.42. The molecule has 27 heavy (non-hydrogen) atoms. The van der Waals surface area contributed by atoms with Crippen LogP contribution in [0.3, 0.4) is 0 Å². The molecule has 142 valence electrons. The number of nitrogens with zero attached hydrogens (tertiary/aromatic N) is 1. The van der Waals surface area contributed by atoms with Crippen LogP contribution in [0.4, 0.5) is 10.1 Å². The van der Waals surface area contributed by atoms with E-state index in [9.17, 15) is 17.6 Å². The third-order valence-corrected chi connectivity index (χ3v) is 7.47. The molecule has 1 saturated carbocycles. The summed E-state index contributed by atoms with van der Waals surface area (Å²) in [6.07, 6.45) is 1.33. The molecule has 0 bridgehead atoms. The average Bonchev–Trinajstić information content (AvgIpc) is 3.14. The number of aryl methyl sites for hydroxylation is 1. The van der Waals surface area contributed by atoms with Gasteiger partial charge in [0.1, 0.15) is 5.82 Å². The molecule has 5 nitrogen and oxygen atoms in total. The van der Waals surface area contributed by atoms with Gasteiger partial charge < -0.3 is 5.32 Å². The molecule has 1 aliphatic heterocycles. The summed E-state index contributed by atoms with van der Waals surface area (Å²) in [5, 5.41) is 2.74. The molecule has 2 aliphatic rings. The van der Waals surface area contributed by atoms with E-state index in [0.717, 1.165) is 5.56 Å². The van der Waals surface area contributed by atoms with E-state index >= 15 is 0 Å². The van der Waals surface area contributed by atoms with Crippen molar-refractivity contribution < 1.29 is 17.6 Å². The molecule has 1 N–H and O–H groups in total. The van der Waals surface area contributed by atoms with Crippen LogP contribution in [-0.4, -0.2) is 31.7 Å². The number of hydrogen-bond donors (Lipinski definition) is 1. The second-order valence-corrected chi connectivity index (χ2v) is 9.46. The zero-order valence-electron chi connectivity index (χ0n) is 15.0. The Morgan fingerprint density at radius 1 is 1.22 bits per heavy atom. The van der Waals surface area contributed by atoms with Crippen LogP contribution in [0.1, 0.15) is 18.4 Å². The van der Waals surface area contributed by atoms with Gasteiger partial charge in [-0.2, -0.15) is 4.31 Å². The lowest BCUT2D eigenvalue weighted by Crippen LogP contribution is -2.30. The summed E-state index contributed by atoms with van der Waals surface area (Å²) in [6, 6.07) is 12.6. The first kappa shape index (κ1) is 18.1. The number of nitrogens with one attached hydrogen (secondary N) is 1. The van der Waals surface area contributed by atoms with Gasteiger partial charge in [0.2, 0.25) is 15.9 Å². The van der Waals surface area contributed by atoms with E-state index in [2.05, 4.69) is 5.32 Å². The first-order valence-corrected chi connectivity index (χ1v) is 10.4. The Labute approximate surface area is 158 Å². The summed E-state index contributed by atoms with van der Waals surface area (Å²) in [4.78, 5) is 12.8. The summed E-state index contributed by atoms with van der Waals surface area (Å²) in [6.45, 7) is 2.68. The molecule has 4 rings (SSSR count). The zero-order valence-corrected chi connectivity index (χ0v) is 15.8. The minimum atomic E-state index is -3.55. The van der Waals surface area contributed by atoms with Gasteiger partial charge in [-0.3, -0.25) is 4.79 Å². The number of anilines is 1. The fourth-order valence-corrected chi connectivity index (χ4v) is 5.42. The van der Waals surface area contributed by atoms with Gasteiger partial charge >= 0.3 is 0 Å². The average molecular weight is 388 g/mol. The van der Waals surface area contributed by atoms with Crippen LogP contribution in [-0.2, 0) is 14.8 Å². The van der Waals surface area contributed by atoms with Gasteiger partial charge in [-0.1, -0.05) is 23.8 Å². The quantitative estimate of drug-likeness (QED) is 0.875. The predicted molar refractivity (Wildman–Crippen MR) is 100 cm³/mol. The smallest absolute Gasteiger partial charge is 0.243 e. The predicted octanol–water partition coefficient (Wildman–Crippen LogP) is 3.17. The highest BCUT2D eigenvalue weighted by atomic mass is 32.2. The SMILES string of the molecule is Cc1ccc(S(=O)(=O)N2CC[C@@]3(C[C@H]3C(=O)Nc3cccc(F)c3)C2)cc1. The lowest BCUT2D eigenvalue weighted by molar-refractivity contribution is -0.118. The molecular formula is C20H21FN2O3S. The molecule has 7 heteroatoms. The molecule has 2 atom stereocenters. The Bertz CT molecular complexity index is 991. The van der Waals surface area contributed by atoms with E-state index in [4.69, 9.17) is 0 Å². The van der Waals surface area contributed by atoms with Crippen molar-refractivity contribution in [2.45, 2.75) is 24.7 Å². The number of amides is 1. The van der Waals surface area contributed by atoms with Crippen LogP contribution in [0.2, 0.25) is 0 Å². The molecule has 1 saturated heterocycles. The summed E-state index contributed by atoms with van der Waals surface area (Å²) < 4.78 is 40.5. The lowest BCUT2D eigenvalue weighted by atomic mass is 10.0. The minimum absolute atomic E-state index is 0.171. The van der Waals surface area contributed by atoms with Crippen LogP contribution in [0.5, 0.6) is 0 Å². The van der Waals surface area contributed by atoms with Gasteiger partial charge in [0.25, 0.3) is 0 Å². The van der Waals surface area contributed by atoms with Gasteiger partial charge in [0.15, 0.2) is 0 Å². The Morgan fingerprint density at radius 3 is 2.67 bits per heavy atom. The Morgan fingerprint density at radius 2 is 1.96 bits per heavy atom. The van der Waals surface area contributed by atoms with Crippen LogP contribution < -0.4 is 5.32 Å². The summed E-state index contributed by atoms with van der Waals surface area (Å²) in [7, 11) is -3.55. The first-order chi connectivity index (χ1) is 12.8. The Balaban J connectivity index is 1.44. The standard InChI is InChI=1S/C20H21FN2O3S/c1-14-5-7-17(8-6-14)27(25,26)23-10-9-20(13-23)12-18(20)19(24)22-16-4-2-3-15(21)11-16/h2-8,11,18H,9-10,12-13H2,1H3,(H,22,24)/t18-,20+/m0/s1. The Hall–Kier alpha value is -2.25. The van der Waals surface area contributed by atoms with E-state index in [-0.39, 0.29) is 22.1 Å². The van der Waals surface area contributed by atoms with Crippen molar-refractivity contribution in [3.63, 3.8) is 0 Å². The minimum Gasteiger partial charge on any atom is -0.326 e. The van der Waals surface area contributed by atoms with Crippen molar-refractivity contribution >= 4 is 21.6 Å². The third-order valence-electron chi connectivity index (χ3n) is 5.61. The van der Waals surface area contributed by atoms with E-state index in [1.807, 2.05) is 6.92 Å². The van der Waals surface area contributed by atoms with Crippen molar-refractivity contribution in [1.82, 2.24) is 4.31 Å². The normalized spacial score (nSPS) is 24.9. The molecule has 2 fully saturated rings. The van der Waals surface area contributed by atoms with Crippen molar-refractivity contribution in [1.29, 1.82) is 0 Å². The van der Waals surface area contributed by atoms with Crippen molar-refractivity contribution in [3.05, 3.63) is 59.9 Å². The molecule has 1 amide bonds.